The van der Waals surface area contributed by atoms with Crippen molar-refractivity contribution in [3.05, 3.63) is 66.0 Å². The molecule has 10 heteroatoms. The molecule has 0 saturated carbocycles. The molecular weight excluding hydrogens is 428 g/mol. The Morgan fingerprint density at radius 1 is 0.909 bits per heavy atom. The molecule has 1 atom stereocenters. The quantitative estimate of drug-likeness (QED) is 0.485. The van der Waals surface area contributed by atoms with Crippen molar-refractivity contribution in [1.29, 1.82) is 0 Å². The fourth-order valence-corrected chi connectivity index (χ4v) is 2.75. The Morgan fingerprint density at radius 3 is 2.18 bits per heavy atom. The summed E-state index contributed by atoms with van der Waals surface area (Å²) in [4.78, 5) is 53.9. The molecule has 10 nitrogen and oxygen atoms in total. The van der Waals surface area contributed by atoms with E-state index in [1.165, 1.54) is 34.1 Å². The fraction of sp³-hybridized carbons (Fsp3) is 0.348. The second kappa shape index (κ2) is 11.1. The van der Waals surface area contributed by atoms with Gasteiger partial charge in [-0.25, -0.2) is 4.79 Å². The molecule has 0 aliphatic heterocycles. The molecule has 3 N–H and O–H groups in total. The van der Waals surface area contributed by atoms with Crippen molar-refractivity contribution >= 4 is 23.9 Å². The standard InChI is InChI=1S/C23H28N4O6/c1-22(2,27-21(31)33-15-16-10-6-5-7-11-16)19(29)26-23(3,17-12-8-9-13-24-17)20(30)25-14-18(28)32-4/h5-13H,14-15H2,1-4H3,(H,25,30)(H,26,29)(H,27,31)/t23-/m1/s1. The maximum Gasteiger partial charge on any atom is 0.408 e. The van der Waals surface area contributed by atoms with Crippen LogP contribution in [0.15, 0.2) is 54.7 Å². The number of rotatable bonds is 9. The molecule has 0 aliphatic carbocycles. The van der Waals surface area contributed by atoms with Gasteiger partial charge in [0.15, 0.2) is 5.54 Å². The summed E-state index contributed by atoms with van der Waals surface area (Å²) in [5.74, 6) is -2.00. The Bertz CT molecular complexity index is 981. The van der Waals surface area contributed by atoms with E-state index in [0.717, 1.165) is 5.56 Å². The first kappa shape index (κ1) is 25.3. The van der Waals surface area contributed by atoms with Crippen molar-refractivity contribution in [3.8, 4) is 0 Å². The zero-order valence-electron chi connectivity index (χ0n) is 19.0. The van der Waals surface area contributed by atoms with Crippen molar-refractivity contribution in [2.24, 2.45) is 0 Å². The van der Waals surface area contributed by atoms with Crippen LogP contribution in [0.4, 0.5) is 4.79 Å². The number of hydrogen-bond donors (Lipinski definition) is 3. The van der Waals surface area contributed by atoms with Gasteiger partial charge in [0.25, 0.3) is 5.91 Å². The number of methoxy groups -OCH3 is 1. The normalized spacial score (nSPS) is 12.6. The number of pyridine rings is 1. The highest BCUT2D eigenvalue weighted by Gasteiger charge is 2.42. The van der Waals surface area contributed by atoms with Gasteiger partial charge in [-0.3, -0.25) is 19.4 Å². The molecule has 1 aromatic carbocycles. The number of aromatic nitrogens is 1. The summed E-state index contributed by atoms with van der Waals surface area (Å²) in [6.07, 6.45) is 0.672. The highest BCUT2D eigenvalue weighted by Crippen LogP contribution is 2.20. The lowest BCUT2D eigenvalue weighted by atomic mass is 9.93. The number of ether oxygens (including phenoxy) is 2. The van der Waals surface area contributed by atoms with Gasteiger partial charge >= 0.3 is 12.1 Å². The first-order chi connectivity index (χ1) is 15.6. The maximum atomic E-state index is 13.1. The van der Waals surface area contributed by atoms with E-state index in [1.54, 1.807) is 30.3 Å². The zero-order chi connectivity index (χ0) is 24.5. The highest BCUT2D eigenvalue weighted by molar-refractivity contribution is 5.96. The first-order valence-corrected chi connectivity index (χ1v) is 10.2. The van der Waals surface area contributed by atoms with Crippen molar-refractivity contribution < 1.29 is 28.7 Å². The second-order valence-corrected chi connectivity index (χ2v) is 7.86. The lowest BCUT2D eigenvalue weighted by Gasteiger charge is -2.33. The van der Waals surface area contributed by atoms with Crippen molar-refractivity contribution in [1.82, 2.24) is 20.9 Å². The Labute approximate surface area is 192 Å². The van der Waals surface area contributed by atoms with Crippen molar-refractivity contribution in [2.75, 3.05) is 13.7 Å². The van der Waals surface area contributed by atoms with E-state index in [2.05, 4.69) is 25.7 Å². The van der Waals surface area contributed by atoms with E-state index in [1.807, 2.05) is 18.2 Å². The molecule has 0 spiro atoms. The summed E-state index contributed by atoms with van der Waals surface area (Å²) in [7, 11) is 1.19. The van der Waals surface area contributed by atoms with Crippen molar-refractivity contribution in [2.45, 2.75) is 38.5 Å². The van der Waals surface area contributed by atoms with Gasteiger partial charge in [0.2, 0.25) is 5.91 Å². The predicted molar refractivity (Wildman–Crippen MR) is 119 cm³/mol. The molecule has 1 heterocycles. The zero-order valence-corrected chi connectivity index (χ0v) is 19.0. The molecule has 2 rings (SSSR count). The Kier molecular flexibility index (Phi) is 8.49. The molecule has 0 unspecified atom stereocenters. The fourth-order valence-electron chi connectivity index (χ4n) is 2.75. The first-order valence-electron chi connectivity index (χ1n) is 10.2. The molecule has 0 fully saturated rings. The van der Waals surface area contributed by atoms with Gasteiger partial charge in [0.1, 0.15) is 18.7 Å². The van der Waals surface area contributed by atoms with E-state index in [-0.39, 0.29) is 18.8 Å². The number of esters is 1. The van der Waals surface area contributed by atoms with Gasteiger partial charge in [0.05, 0.1) is 12.8 Å². The van der Waals surface area contributed by atoms with E-state index in [4.69, 9.17) is 4.74 Å². The number of amides is 3. The van der Waals surface area contributed by atoms with Crippen LogP contribution in [0.2, 0.25) is 0 Å². The molecule has 0 radical (unpaired) electrons. The number of nitrogens with zero attached hydrogens (tertiary/aromatic N) is 1. The molecule has 1 aromatic heterocycles. The third-order valence-electron chi connectivity index (χ3n) is 4.81. The van der Waals surface area contributed by atoms with Crippen LogP contribution in [-0.2, 0) is 36.0 Å². The molecule has 2 aromatic rings. The highest BCUT2D eigenvalue weighted by atomic mass is 16.5. The number of carbonyl (C=O) groups is 4. The van der Waals surface area contributed by atoms with Crippen molar-refractivity contribution in [3.63, 3.8) is 0 Å². The minimum absolute atomic E-state index is 0.0337. The summed E-state index contributed by atoms with van der Waals surface area (Å²) in [6, 6.07) is 14.0. The topological polar surface area (TPSA) is 136 Å². The minimum Gasteiger partial charge on any atom is -0.468 e. The van der Waals surface area contributed by atoms with Crippen LogP contribution < -0.4 is 16.0 Å². The third-order valence-corrected chi connectivity index (χ3v) is 4.81. The number of alkyl carbamates (subject to hydrolysis) is 1. The lowest BCUT2D eigenvalue weighted by molar-refractivity contribution is -0.142. The van der Waals surface area contributed by atoms with E-state index < -0.39 is 35.0 Å². The molecule has 176 valence electrons. The Balaban J connectivity index is 2.12. The minimum atomic E-state index is -1.64. The second-order valence-electron chi connectivity index (χ2n) is 7.86. The monoisotopic (exact) mass is 456 g/mol. The van der Waals surface area contributed by atoms with Gasteiger partial charge in [-0.05, 0) is 38.5 Å². The largest absolute Gasteiger partial charge is 0.468 e. The van der Waals surface area contributed by atoms with Gasteiger partial charge in [-0.15, -0.1) is 0 Å². The van der Waals surface area contributed by atoms with Crippen LogP contribution in [-0.4, -0.2) is 48.1 Å². The SMILES string of the molecule is COC(=O)CNC(=O)[C@](C)(NC(=O)C(C)(C)NC(=O)OCc1ccccc1)c1ccccn1. The summed E-state index contributed by atoms with van der Waals surface area (Å²) in [6.45, 7) is 4.03. The van der Waals surface area contributed by atoms with Crippen LogP contribution in [0.1, 0.15) is 32.0 Å². The molecule has 0 aliphatic rings. The van der Waals surface area contributed by atoms with Gasteiger partial charge < -0.3 is 25.4 Å². The smallest absolute Gasteiger partial charge is 0.408 e. The molecule has 0 saturated heterocycles. The summed E-state index contributed by atoms with van der Waals surface area (Å²) in [5.41, 5.74) is -2.05. The maximum absolute atomic E-state index is 13.1. The van der Waals surface area contributed by atoms with Gasteiger partial charge in [-0.1, -0.05) is 36.4 Å². The van der Waals surface area contributed by atoms with Crippen LogP contribution >= 0.6 is 0 Å². The van der Waals surface area contributed by atoms with E-state index in [0.29, 0.717) is 0 Å². The summed E-state index contributed by atoms with van der Waals surface area (Å²) < 4.78 is 9.72. The Morgan fingerprint density at radius 2 is 1.58 bits per heavy atom. The van der Waals surface area contributed by atoms with E-state index >= 15 is 0 Å². The Hall–Kier alpha value is -3.95. The van der Waals surface area contributed by atoms with Crippen LogP contribution in [0.3, 0.4) is 0 Å². The van der Waals surface area contributed by atoms with E-state index in [9.17, 15) is 19.2 Å². The molecular formula is C23H28N4O6. The number of carbonyl (C=O) groups excluding carboxylic acids is 4. The molecule has 33 heavy (non-hydrogen) atoms. The third kappa shape index (κ3) is 7.03. The van der Waals surface area contributed by atoms with Crippen LogP contribution in [0.5, 0.6) is 0 Å². The average Bonchev–Trinajstić information content (AvgIpc) is 2.81. The van der Waals surface area contributed by atoms with Gasteiger partial charge in [0, 0.05) is 6.20 Å². The van der Waals surface area contributed by atoms with Gasteiger partial charge in [-0.2, -0.15) is 0 Å². The summed E-state index contributed by atoms with van der Waals surface area (Å²) in [5, 5.41) is 7.56. The molecule has 3 amide bonds. The lowest BCUT2D eigenvalue weighted by Crippen LogP contribution is -2.62. The number of hydrogen-bond acceptors (Lipinski definition) is 7. The number of nitrogens with one attached hydrogen (secondary N) is 3. The molecule has 0 bridgehead atoms. The number of benzene rings is 1. The summed E-state index contributed by atoms with van der Waals surface area (Å²) >= 11 is 0. The van der Waals surface area contributed by atoms with Crippen LogP contribution in [0.25, 0.3) is 0 Å². The predicted octanol–water partition coefficient (Wildman–Crippen LogP) is 1.41. The van der Waals surface area contributed by atoms with Crippen LogP contribution in [0, 0.1) is 0 Å². The average molecular weight is 456 g/mol.